The Hall–Kier alpha value is -0.120. The molecule has 0 aromatic carbocycles. The van der Waals surface area contributed by atoms with Crippen molar-refractivity contribution in [1.82, 2.24) is 0 Å². The molecule has 1 N–H and O–H groups in total. The van der Waals surface area contributed by atoms with Crippen molar-refractivity contribution in [2.45, 2.75) is 105 Å². The molecule has 0 spiro atoms. The highest BCUT2D eigenvalue weighted by molar-refractivity contribution is 4.67. The van der Waals surface area contributed by atoms with Gasteiger partial charge in [0.05, 0.1) is 6.10 Å². The number of rotatable bonds is 18. The van der Waals surface area contributed by atoms with E-state index in [1.807, 2.05) is 6.92 Å². The number of aliphatic hydroxyl groups excluding tert-OH is 1. The molecular weight excluding hydrogens is 324 g/mol. The van der Waals surface area contributed by atoms with Crippen LogP contribution in [0.3, 0.4) is 0 Å². The molecule has 0 heterocycles. The predicted molar refractivity (Wildman–Crippen MR) is 112 cm³/mol. The fourth-order valence-corrected chi connectivity index (χ4v) is 4.21. The van der Waals surface area contributed by atoms with Crippen molar-refractivity contribution in [3.8, 4) is 0 Å². The van der Waals surface area contributed by atoms with E-state index in [4.69, 9.17) is 9.47 Å². The fourth-order valence-electron chi connectivity index (χ4n) is 4.21. The summed E-state index contributed by atoms with van der Waals surface area (Å²) in [6.45, 7) is 15.6. The second-order valence-corrected chi connectivity index (χ2v) is 9.00. The number of aliphatic hydroxyl groups is 1. The van der Waals surface area contributed by atoms with Gasteiger partial charge in [-0.3, -0.25) is 0 Å². The molecule has 0 amide bonds. The van der Waals surface area contributed by atoms with Gasteiger partial charge >= 0.3 is 0 Å². The quantitative estimate of drug-likeness (QED) is 0.222. The molecule has 0 saturated heterocycles. The van der Waals surface area contributed by atoms with Gasteiger partial charge in [0.15, 0.2) is 0 Å². The molecule has 0 rings (SSSR count). The normalized spacial score (nSPS) is 17.7. The van der Waals surface area contributed by atoms with Crippen molar-refractivity contribution < 1.29 is 14.6 Å². The molecule has 0 saturated carbocycles. The number of unbranched alkanes of at least 4 members (excludes halogenated alkanes) is 2. The lowest BCUT2D eigenvalue weighted by Gasteiger charge is -2.23. The van der Waals surface area contributed by atoms with Gasteiger partial charge in [0.2, 0.25) is 0 Å². The van der Waals surface area contributed by atoms with Crippen molar-refractivity contribution >= 4 is 0 Å². The highest BCUT2D eigenvalue weighted by Crippen LogP contribution is 2.27. The third-order valence-electron chi connectivity index (χ3n) is 5.20. The molecule has 0 aromatic rings. The molecule has 0 fully saturated rings. The topological polar surface area (TPSA) is 38.7 Å². The summed E-state index contributed by atoms with van der Waals surface area (Å²) < 4.78 is 11.0. The van der Waals surface area contributed by atoms with Crippen molar-refractivity contribution in [3.63, 3.8) is 0 Å². The fraction of sp³-hybridized carbons (Fsp3) is 1.00. The Balaban J connectivity index is 3.62. The number of hydrogen-bond acceptors (Lipinski definition) is 3. The lowest BCUT2D eigenvalue weighted by Crippen LogP contribution is -2.13. The van der Waals surface area contributed by atoms with E-state index in [1.165, 1.54) is 38.5 Å². The second-order valence-electron chi connectivity index (χ2n) is 9.00. The summed E-state index contributed by atoms with van der Waals surface area (Å²) in [4.78, 5) is 0. The molecule has 0 aliphatic rings. The van der Waals surface area contributed by atoms with Crippen LogP contribution in [0.4, 0.5) is 0 Å². The Bertz CT molecular complexity index is 293. The monoisotopic (exact) mass is 372 g/mol. The lowest BCUT2D eigenvalue weighted by molar-refractivity contribution is -0.0561. The van der Waals surface area contributed by atoms with Crippen LogP contribution in [0.2, 0.25) is 0 Å². The van der Waals surface area contributed by atoms with E-state index in [0.29, 0.717) is 12.7 Å². The van der Waals surface area contributed by atoms with Gasteiger partial charge in [0, 0.05) is 13.2 Å². The molecular formula is C23H48O3. The highest BCUT2D eigenvalue weighted by atomic mass is 16.7. The van der Waals surface area contributed by atoms with Gasteiger partial charge in [-0.2, -0.15) is 0 Å². The summed E-state index contributed by atoms with van der Waals surface area (Å²) >= 11 is 0. The van der Waals surface area contributed by atoms with Crippen LogP contribution in [0.25, 0.3) is 0 Å². The molecule has 0 aliphatic carbocycles. The van der Waals surface area contributed by atoms with Gasteiger partial charge < -0.3 is 14.6 Å². The first kappa shape index (κ1) is 25.9. The van der Waals surface area contributed by atoms with E-state index in [-0.39, 0.29) is 6.10 Å². The zero-order valence-corrected chi connectivity index (χ0v) is 18.6. The van der Waals surface area contributed by atoms with Crippen LogP contribution in [0.15, 0.2) is 0 Å². The van der Waals surface area contributed by atoms with Crippen LogP contribution < -0.4 is 0 Å². The predicted octanol–water partition coefficient (Wildman–Crippen LogP) is 6.43. The minimum Gasteiger partial charge on any atom is -0.393 e. The van der Waals surface area contributed by atoms with E-state index >= 15 is 0 Å². The molecule has 158 valence electrons. The molecule has 0 radical (unpaired) electrons. The Morgan fingerprint density at radius 3 is 1.69 bits per heavy atom. The van der Waals surface area contributed by atoms with Crippen molar-refractivity contribution in [2.24, 2.45) is 23.7 Å². The van der Waals surface area contributed by atoms with Gasteiger partial charge in [-0.05, 0) is 75.5 Å². The summed E-state index contributed by atoms with van der Waals surface area (Å²) in [5.74, 6) is 2.91. The zero-order chi connectivity index (χ0) is 19.8. The molecule has 5 atom stereocenters. The van der Waals surface area contributed by atoms with Crippen LogP contribution in [0.1, 0.15) is 99.3 Å². The van der Waals surface area contributed by atoms with E-state index < -0.39 is 0 Å². The van der Waals surface area contributed by atoms with Crippen molar-refractivity contribution in [1.29, 1.82) is 0 Å². The number of ether oxygens (including phenoxy) is 2. The Labute approximate surface area is 164 Å². The molecule has 0 aromatic heterocycles. The first-order valence-electron chi connectivity index (χ1n) is 11.2. The Morgan fingerprint density at radius 2 is 1.15 bits per heavy atom. The van der Waals surface area contributed by atoms with Gasteiger partial charge in [-0.25, -0.2) is 0 Å². The molecule has 0 aliphatic heterocycles. The molecule has 3 heteroatoms. The summed E-state index contributed by atoms with van der Waals surface area (Å²) in [6.07, 6.45) is 10.6. The van der Waals surface area contributed by atoms with Gasteiger partial charge in [0.25, 0.3) is 0 Å². The maximum atomic E-state index is 9.50. The Morgan fingerprint density at radius 1 is 0.654 bits per heavy atom. The second kappa shape index (κ2) is 17.0. The van der Waals surface area contributed by atoms with E-state index in [2.05, 4.69) is 34.6 Å². The van der Waals surface area contributed by atoms with E-state index in [1.54, 1.807) is 0 Å². The van der Waals surface area contributed by atoms with Crippen molar-refractivity contribution in [2.75, 3.05) is 20.0 Å². The van der Waals surface area contributed by atoms with Crippen LogP contribution in [-0.2, 0) is 9.47 Å². The summed E-state index contributed by atoms with van der Waals surface area (Å²) in [7, 11) is 0. The maximum absolute atomic E-state index is 9.50. The minimum absolute atomic E-state index is 0.168. The first-order valence-corrected chi connectivity index (χ1v) is 11.2. The SMILES string of the molecule is CCCCCOCOCCCC(C)CC(C)CC(C)CC(C)CC(C)O. The van der Waals surface area contributed by atoms with Crippen LogP contribution in [0.5, 0.6) is 0 Å². The molecule has 0 bridgehead atoms. The maximum Gasteiger partial charge on any atom is 0.146 e. The highest BCUT2D eigenvalue weighted by Gasteiger charge is 2.15. The standard InChI is InChI=1S/C23H48O3/c1-7-8-9-12-25-18-26-13-10-11-19(2)14-20(3)15-21(4)16-22(5)17-23(6)24/h19-24H,7-18H2,1-6H3. The van der Waals surface area contributed by atoms with E-state index in [9.17, 15) is 5.11 Å². The lowest BCUT2D eigenvalue weighted by atomic mass is 9.83. The van der Waals surface area contributed by atoms with Gasteiger partial charge in [0.1, 0.15) is 6.79 Å². The largest absolute Gasteiger partial charge is 0.393 e. The molecule has 26 heavy (non-hydrogen) atoms. The third-order valence-corrected chi connectivity index (χ3v) is 5.20. The Kier molecular flexibility index (Phi) is 16.9. The van der Waals surface area contributed by atoms with Gasteiger partial charge in [-0.15, -0.1) is 0 Å². The van der Waals surface area contributed by atoms with Gasteiger partial charge in [-0.1, -0.05) is 47.5 Å². The van der Waals surface area contributed by atoms with Crippen LogP contribution >= 0.6 is 0 Å². The smallest absolute Gasteiger partial charge is 0.146 e. The third kappa shape index (κ3) is 17.3. The molecule has 3 nitrogen and oxygen atoms in total. The number of hydrogen-bond donors (Lipinski definition) is 1. The molecule has 5 unspecified atom stereocenters. The minimum atomic E-state index is -0.168. The zero-order valence-electron chi connectivity index (χ0n) is 18.6. The summed E-state index contributed by atoms with van der Waals surface area (Å²) in [5.41, 5.74) is 0. The van der Waals surface area contributed by atoms with Crippen molar-refractivity contribution in [3.05, 3.63) is 0 Å². The average Bonchev–Trinajstić information content (AvgIpc) is 2.51. The summed E-state index contributed by atoms with van der Waals surface area (Å²) in [5, 5.41) is 9.50. The van der Waals surface area contributed by atoms with E-state index in [0.717, 1.165) is 50.2 Å². The first-order chi connectivity index (χ1) is 12.3. The van der Waals surface area contributed by atoms with Crippen LogP contribution in [-0.4, -0.2) is 31.2 Å². The van der Waals surface area contributed by atoms with Crippen LogP contribution in [0, 0.1) is 23.7 Å². The summed E-state index contributed by atoms with van der Waals surface area (Å²) in [6, 6.07) is 0. The average molecular weight is 373 g/mol.